The molecule has 0 aromatic heterocycles. The van der Waals surface area contributed by atoms with Gasteiger partial charge in [0.2, 0.25) is 10.0 Å². The minimum Gasteiger partial charge on any atom is -0.398 e. The maximum absolute atomic E-state index is 10.9. The molecule has 0 fully saturated rings. The fraction of sp³-hybridized carbons (Fsp3) is 0. The van der Waals surface area contributed by atoms with Gasteiger partial charge in [-0.05, 0) is 12.1 Å². The monoisotopic (exact) mass is 187 g/mol. The predicted molar refractivity (Wildman–Crippen MR) is 46.6 cm³/mol. The third-order valence-electron chi connectivity index (χ3n) is 1.36. The van der Waals surface area contributed by atoms with E-state index in [9.17, 15) is 8.42 Å². The van der Waals surface area contributed by atoms with Crippen LogP contribution in [0.2, 0.25) is 0 Å². The third kappa shape index (κ3) is 1.49. The van der Waals surface area contributed by atoms with E-state index in [4.69, 9.17) is 16.6 Å². The highest BCUT2D eigenvalue weighted by atomic mass is 32.2. The van der Waals surface area contributed by atoms with Crippen LogP contribution < -0.4 is 16.6 Å². The normalized spacial score (nSPS) is 11.4. The first-order valence-electron chi connectivity index (χ1n) is 3.09. The van der Waals surface area contributed by atoms with Gasteiger partial charge in [-0.1, -0.05) is 6.07 Å². The second kappa shape index (κ2) is 2.65. The summed E-state index contributed by atoms with van der Waals surface area (Å²) in [5, 5.41) is 4.87. The van der Waals surface area contributed by atoms with Crippen LogP contribution in [-0.2, 0) is 10.0 Å². The van der Waals surface area contributed by atoms with Gasteiger partial charge in [0.05, 0.1) is 11.4 Å². The highest BCUT2D eigenvalue weighted by Gasteiger charge is 2.14. The van der Waals surface area contributed by atoms with Gasteiger partial charge in [-0.25, -0.2) is 13.6 Å². The summed E-state index contributed by atoms with van der Waals surface area (Å²) in [6.07, 6.45) is 0. The molecule has 0 unspecified atom stereocenters. The Morgan fingerprint density at radius 3 is 1.75 bits per heavy atom. The molecule has 0 radical (unpaired) electrons. The van der Waals surface area contributed by atoms with Crippen molar-refractivity contribution in [2.45, 2.75) is 4.90 Å². The molecule has 1 rings (SSSR count). The first kappa shape index (κ1) is 8.82. The SMILES string of the molecule is Nc1cccc(N)c1S(N)(=O)=O. The molecule has 1 aromatic carbocycles. The van der Waals surface area contributed by atoms with Crippen LogP contribution in [0.15, 0.2) is 23.1 Å². The lowest BCUT2D eigenvalue weighted by Crippen LogP contribution is -2.16. The van der Waals surface area contributed by atoms with Gasteiger partial charge in [-0.3, -0.25) is 0 Å². The van der Waals surface area contributed by atoms with Crippen LogP contribution in [-0.4, -0.2) is 8.42 Å². The second-order valence-corrected chi connectivity index (χ2v) is 3.81. The maximum atomic E-state index is 10.9. The number of rotatable bonds is 1. The van der Waals surface area contributed by atoms with Crippen LogP contribution in [0.1, 0.15) is 0 Å². The Labute approximate surface area is 70.2 Å². The summed E-state index contributed by atoms with van der Waals surface area (Å²) in [4.78, 5) is -0.204. The number of nitrogens with two attached hydrogens (primary N) is 3. The second-order valence-electron chi connectivity index (χ2n) is 2.31. The lowest BCUT2D eigenvalue weighted by Gasteiger charge is -2.05. The average molecular weight is 187 g/mol. The molecule has 0 atom stereocenters. The lowest BCUT2D eigenvalue weighted by atomic mass is 10.3. The van der Waals surface area contributed by atoms with Crippen molar-refractivity contribution in [1.29, 1.82) is 0 Å². The topological polar surface area (TPSA) is 112 Å². The molecule has 0 saturated carbocycles. The zero-order chi connectivity index (χ0) is 9.35. The Morgan fingerprint density at radius 1 is 1.08 bits per heavy atom. The average Bonchev–Trinajstić information content (AvgIpc) is 1.82. The van der Waals surface area contributed by atoms with Crippen molar-refractivity contribution in [3.63, 3.8) is 0 Å². The zero-order valence-corrected chi connectivity index (χ0v) is 7.01. The predicted octanol–water partition coefficient (Wildman–Crippen LogP) is -0.502. The van der Waals surface area contributed by atoms with E-state index in [1.165, 1.54) is 12.1 Å². The summed E-state index contributed by atoms with van der Waals surface area (Å²) in [5.74, 6) is 0. The Balaban J connectivity index is 3.53. The molecule has 0 aliphatic rings. The molecule has 5 nitrogen and oxygen atoms in total. The summed E-state index contributed by atoms with van der Waals surface area (Å²) in [7, 11) is -3.81. The third-order valence-corrected chi connectivity index (χ3v) is 2.40. The number of anilines is 2. The number of hydrogen-bond donors (Lipinski definition) is 3. The maximum Gasteiger partial charge on any atom is 0.242 e. The molecule has 0 aliphatic carbocycles. The van der Waals surface area contributed by atoms with E-state index in [1.807, 2.05) is 0 Å². The van der Waals surface area contributed by atoms with Crippen LogP contribution in [0.25, 0.3) is 0 Å². The van der Waals surface area contributed by atoms with Crippen molar-refractivity contribution in [2.24, 2.45) is 5.14 Å². The molecule has 0 aliphatic heterocycles. The van der Waals surface area contributed by atoms with Crippen LogP contribution >= 0.6 is 0 Å². The van der Waals surface area contributed by atoms with Crippen LogP contribution in [0.5, 0.6) is 0 Å². The molecule has 0 bridgehead atoms. The Bertz CT molecular complexity index is 379. The Morgan fingerprint density at radius 2 is 1.50 bits per heavy atom. The van der Waals surface area contributed by atoms with E-state index in [0.29, 0.717) is 0 Å². The van der Waals surface area contributed by atoms with Crippen molar-refractivity contribution in [3.05, 3.63) is 18.2 Å². The van der Waals surface area contributed by atoms with Crippen LogP contribution in [0.4, 0.5) is 11.4 Å². The van der Waals surface area contributed by atoms with E-state index in [-0.39, 0.29) is 16.3 Å². The van der Waals surface area contributed by atoms with Crippen molar-refractivity contribution < 1.29 is 8.42 Å². The molecule has 0 amide bonds. The molecular formula is C6H9N3O2S. The molecule has 0 saturated heterocycles. The number of nitrogen functional groups attached to an aromatic ring is 2. The molecule has 66 valence electrons. The fourth-order valence-corrected chi connectivity index (χ4v) is 1.70. The van der Waals surface area contributed by atoms with Gasteiger partial charge in [0.25, 0.3) is 0 Å². The molecule has 6 N–H and O–H groups in total. The molecule has 0 spiro atoms. The summed E-state index contributed by atoms with van der Waals surface area (Å²) >= 11 is 0. The first-order chi connectivity index (χ1) is 5.43. The minimum atomic E-state index is -3.81. The number of sulfonamides is 1. The van der Waals surface area contributed by atoms with Crippen molar-refractivity contribution in [1.82, 2.24) is 0 Å². The van der Waals surface area contributed by atoms with E-state index in [1.54, 1.807) is 6.07 Å². The molecule has 6 heteroatoms. The summed E-state index contributed by atoms with van der Waals surface area (Å²) in [5.41, 5.74) is 10.9. The zero-order valence-electron chi connectivity index (χ0n) is 6.19. The standard InChI is InChI=1S/C6H9N3O2S/c7-4-2-1-3-5(8)6(4)12(9,10)11/h1-3H,7-8H2,(H2,9,10,11). The summed E-state index contributed by atoms with van der Waals surface area (Å²) in [6.45, 7) is 0. The van der Waals surface area contributed by atoms with Gasteiger partial charge in [-0.15, -0.1) is 0 Å². The fourth-order valence-electron chi connectivity index (χ4n) is 0.902. The Hall–Kier alpha value is -1.27. The molecule has 1 aromatic rings. The number of hydrogen-bond acceptors (Lipinski definition) is 4. The molecule has 0 heterocycles. The van der Waals surface area contributed by atoms with Gasteiger partial charge >= 0.3 is 0 Å². The van der Waals surface area contributed by atoms with Gasteiger partial charge in [0, 0.05) is 0 Å². The van der Waals surface area contributed by atoms with Crippen LogP contribution in [0.3, 0.4) is 0 Å². The van der Waals surface area contributed by atoms with Crippen molar-refractivity contribution in [3.8, 4) is 0 Å². The van der Waals surface area contributed by atoms with E-state index < -0.39 is 10.0 Å². The first-order valence-corrected chi connectivity index (χ1v) is 4.64. The quantitative estimate of drug-likeness (QED) is 0.514. The van der Waals surface area contributed by atoms with Crippen molar-refractivity contribution >= 4 is 21.4 Å². The molecular weight excluding hydrogens is 178 g/mol. The highest BCUT2D eigenvalue weighted by Crippen LogP contribution is 2.22. The van der Waals surface area contributed by atoms with Crippen LogP contribution in [0, 0.1) is 0 Å². The van der Waals surface area contributed by atoms with Crippen molar-refractivity contribution in [2.75, 3.05) is 11.5 Å². The van der Waals surface area contributed by atoms with E-state index >= 15 is 0 Å². The highest BCUT2D eigenvalue weighted by molar-refractivity contribution is 7.89. The van der Waals surface area contributed by atoms with Gasteiger partial charge < -0.3 is 11.5 Å². The van der Waals surface area contributed by atoms with E-state index in [2.05, 4.69) is 0 Å². The summed E-state index contributed by atoms with van der Waals surface area (Å²) < 4.78 is 21.8. The number of benzene rings is 1. The number of primary sulfonamides is 1. The van der Waals surface area contributed by atoms with Gasteiger partial charge in [0.15, 0.2) is 0 Å². The largest absolute Gasteiger partial charge is 0.398 e. The lowest BCUT2D eigenvalue weighted by molar-refractivity contribution is 0.598. The minimum absolute atomic E-state index is 0.0671. The van der Waals surface area contributed by atoms with Gasteiger partial charge in [-0.2, -0.15) is 0 Å². The molecule has 12 heavy (non-hydrogen) atoms. The summed E-state index contributed by atoms with van der Waals surface area (Å²) in [6, 6.07) is 4.41. The van der Waals surface area contributed by atoms with E-state index in [0.717, 1.165) is 0 Å². The Kier molecular flexibility index (Phi) is 1.95. The van der Waals surface area contributed by atoms with Gasteiger partial charge in [0.1, 0.15) is 4.90 Å². The smallest absolute Gasteiger partial charge is 0.242 e.